The summed E-state index contributed by atoms with van der Waals surface area (Å²) in [5, 5.41) is 6.19. The van der Waals surface area contributed by atoms with Gasteiger partial charge in [-0.3, -0.25) is 9.59 Å². The minimum Gasteiger partial charge on any atom is -0.348 e. The Morgan fingerprint density at radius 2 is 1.93 bits per heavy atom. The fraction of sp³-hybridized carbons (Fsp3) is 0.556. The molecule has 1 aromatic rings. The molecule has 1 aromatic carbocycles. The highest BCUT2D eigenvalue weighted by Crippen LogP contribution is 2.19. The summed E-state index contributed by atoms with van der Waals surface area (Å²) >= 11 is 0. The lowest BCUT2D eigenvalue weighted by Gasteiger charge is -2.33. The summed E-state index contributed by atoms with van der Waals surface area (Å²) in [5.74, 6) is -0.315. The second-order valence-corrected chi connectivity index (χ2v) is 8.89. The molecule has 0 spiro atoms. The van der Waals surface area contributed by atoms with Crippen molar-refractivity contribution < 1.29 is 18.0 Å². The average Bonchev–Trinajstić information content (AvgIpc) is 2.69. The van der Waals surface area contributed by atoms with Gasteiger partial charge in [0.1, 0.15) is 0 Å². The molecule has 2 N–H and O–H groups in total. The van der Waals surface area contributed by atoms with Crippen LogP contribution < -0.4 is 10.6 Å². The van der Waals surface area contributed by atoms with E-state index in [0.717, 1.165) is 25.9 Å². The zero-order valence-electron chi connectivity index (χ0n) is 15.5. The van der Waals surface area contributed by atoms with Crippen molar-refractivity contribution in [3.8, 4) is 0 Å². The largest absolute Gasteiger partial charge is 0.348 e. The maximum absolute atomic E-state index is 12.9. The van der Waals surface area contributed by atoms with Gasteiger partial charge in [0.25, 0.3) is 5.91 Å². The number of benzene rings is 1. The van der Waals surface area contributed by atoms with E-state index in [9.17, 15) is 18.0 Å². The van der Waals surface area contributed by atoms with E-state index in [1.807, 2.05) is 0 Å². The zero-order valence-corrected chi connectivity index (χ0v) is 16.3. The fourth-order valence-electron chi connectivity index (χ4n) is 3.43. The molecule has 0 bridgehead atoms. The van der Waals surface area contributed by atoms with Crippen LogP contribution in [0, 0.1) is 0 Å². The Labute approximate surface area is 160 Å². The molecule has 3 rings (SSSR count). The van der Waals surface area contributed by atoms with E-state index in [2.05, 4.69) is 10.6 Å². The first kappa shape index (κ1) is 19.8. The van der Waals surface area contributed by atoms with Crippen LogP contribution >= 0.6 is 0 Å². The second-order valence-electron chi connectivity index (χ2n) is 6.95. The molecule has 2 saturated heterocycles. The first-order chi connectivity index (χ1) is 12.9. The molecule has 27 heavy (non-hydrogen) atoms. The number of nitrogens with zero attached hydrogens (tertiary/aromatic N) is 2. The number of piperidine rings is 1. The Kier molecular flexibility index (Phi) is 6.13. The third kappa shape index (κ3) is 4.66. The molecular formula is C18H26N4O4S. The van der Waals surface area contributed by atoms with E-state index >= 15 is 0 Å². The Bertz CT molecular complexity index is 797. The molecule has 0 aliphatic carbocycles. The number of carbonyl (C=O) groups is 2. The standard InChI is InChI=1S/C18H26N4O4S/c1-14(23)21-8-10-22(11-9-21)27(25,26)17-6-2-4-15(12-17)18(24)20-16-5-3-7-19-13-16/h2,4,6,12,16,19H,3,5,7-11,13H2,1H3,(H,20,24)/t16-/m0/s1. The van der Waals surface area contributed by atoms with Crippen LogP contribution in [0.2, 0.25) is 0 Å². The van der Waals surface area contributed by atoms with Crippen molar-refractivity contribution in [3.05, 3.63) is 29.8 Å². The van der Waals surface area contributed by atoms with E-state index in [0.29, 0.717) is 18.7 Å². The Morgan fingerprint density at radius 3 is 2.56 bits per heavy atom. The van der Waals surface area contributed by atoms with E-state index in [1.165, 1.54) is 23.4 Å². The smallest absolute Gasteiger partial charge is 0.251 e. The number of amides is 2. The van der Waals surface area contributed by atoms with Crippen LogP contribution in [0.15, 0.2) is 29.2 Å². The van der Waals surface area contributed by atoms with Crippen molar-refractivity contribution in [2.75, 3.05) is 39.3 Å². The first-order valence-electron chi connectivity index (χ1n) is 9.25. The molecule has 0 aromatic heterocycles. The minimum absolute atomic E-state index is 0.0529. The quantitative estimate of drug-likeness (QED) is 0.750. The minimum atomic E-state index is -3.70. The van der Waals surface area contributed by atoms with Crippen molar-refractivity contribution in [2.24, 2.45) is 0 Å². The highest BCUT2D eigenvalue weighted by atomic mass is 32.2. The molecule has 0 unspecified atom stereocenters. The SMILES string of the molecule is CC(=O)N1CCN(S(=O)(=O)c2cccc(C(=O)N[C@H]3CCCNC3)c2)CC1. The number of piperazine rings is 1. The van der Waals surface area contributed by atoms with Crippen LogP contribution in [0.1, 0.15) is 30.1 Å². The highest BCUT2D eigenvalue weighted by Gasteiger charge is 2.29. The number of hydrogen-bond acceptors (Lipinski definition) is 5. The monoisotopic (exact) mass is 394 g/mol. The summed E-state index contributed by atoms with van der Waals surface area (Å²) in [6.07, 6.45) is 1.92. The number of nitrogens with one attached hydrogen (secondary N) is 2. The van der Waals surface area contributed by atoms with Crippen molar-refractivity contribution in [3.63, 3.8) is 0 Å². The summed E-state index contributed by atoms with van der Waals surface area (Å²) < 4.78 is 27.2. The van der Waals surface area contributed by atoms with Gasteiger partial charge in [0.15, 0.2) is 0 Å². The number of hydrogen-bond donors (Lipinski definition) is 2. The molecule has 2 aliphatic rings. The molecule has 0 radical (unpaired) electrons. The van der Waals surface area contributed by atoms with Crippen LogP contribution in [0.4, 0.5) is 0 Å². The van der Waals surface area contributed by atoms with E-state index in [4.69, 9.17) is 0 Å². The molecule has 2 amide bonds. The molecule has 8 nitrogen and oxygen atoms in total. The van der Waals surface area contributed by atoms with Crippen molar-refractivity contribution in [1.82, 2.24) is 19.8 Å². The summed E-state index contributed by atoms with van der Waals surface area (Å²) in [4.78, 5) is 25.7. The summed E-state index contributed by atoms with van der Waals surface area (Å²) in [6, 6.07) is 6.21. The molecule has 2 heterocycles. The zero-order chi connectivity index (χ0) is 19.4. The van der Waals surface area contributed by atoms with Crippen molar-refractivity contribution in [1.29, 1.82) is 0 Å². The van der Waals surface area contributed by atoms with E-state index in [-0.39, 0.29) is 35.8 Å². The van der Waals surface area contributed by atoms with Gasteiger partial charge in [0.05, 0.1) is 4.90 Å². The van der Waals surface area contributed by atoms with Crippen LogP contribution in [0.5, 0.6) is 0 Å². The predicted octanol–water partition coefficient (Wildman–Crippen LogP) is 0.0212. The lowest BCUT2D eigenvalue weighted by Crippen LogP contribution is -2.50. The summed E-state index contributed by atoms with van der Waals surface area (Å²) in [5.41, 5.74) is 0.337. The Balaban J connectivity index is 1.70. The predicted molar refractivity (Wildman–Crippen MR) is 101 cm³/mol. The van der Waals surface area contributed by atoms with Crippen molar-refractivity contribution in [2.45, 2.75) is 30.7 Å². The topological polar surface area (TPSA) is 98.8 Å². The van der Waals surface area contributed by atoms with Gasteiger partial charge in [0, 0.05) is 51.3 Å². The van der Waals surface area contributed by atoms with E-state index in [1.54, 1.807) is 17.0 Å². The van der Waals surface area contributed by atoms with Gasteiger partial charge >= 0.3 is 0 Å². The molecule has 0 saturated carbocycles. The van der Waals surface area contributed by atoms with Crippen LogP contribution in [-0.2, 0) is 14.8 Å². The van der Waals surface area contributed by atoms with Crippen molar-refractivity contribution >= 4 is 21.8 Å². The molecule has 148 valence electrons. The molecule has 2 aliphatic heterocycles. The maximum atomic E-state index is 12.9. The normalized spacial score (nSPS) is 21.7. The van der Waals surface area contributed by atoms with E-state index < -0.39 is 10.0 Å². The van der Waals surface area contributed by atoms with Gasteiger partial charge in [-0.2, -0.15) is 4.31 Å². The third-order valence-corrected chi connectivity index (χ3v) is 6.94. The maximum Gasteiger partial charge on any atom is 0.251 e. The van der Waals surface area contributed by atoms with Gasteiger partial charge in [-0.1, -0.05) is 6.07 Å². The lowest BCUT2D eigenvalue weighted by molar-refractivity contribution is -0.129. The number of rotatable bonds is 4. The van der Waals surface area contributed by atoms with Gasteiger partial charge in [0.2, 0.25) is 15.9 Å². The molecule has 1 atom stereocenters. The van der Waals surface area contributed by atoms with Crippen LogP contribution in [0.3, 0.4) is 0 Å². The van der Waals surface area contributed by atoms with Gasteiger partial charge < -0.3 is 15.5 Å². The van der Waals surface area contributed by atoms with Gasteiger partial charge in [-0.15, -0.1) is 0 Å². The van der Waals surface area contributed by atoms with Gasteiger partial charge in [-0.05, 0) is 37.6 Å². The van der Waals surface area contributed by atoms with Crippen LogP contribution in [0.25, 0.3) is 0 Å². The lowest BCUT2D eigenvalue weighted by atomic mass is 10.1. The van der Waals surface area contributed by atoms with Crippen LogP contribution in [-0.4, -0.2) is 74.7 Å². The number of sulfonamides is 1. The molecular weight excluding hydrogens is 368 g/mol. The molecule has 2 fully saturated rings. The average molecular weight is 394 g/mol. The number of carbonyl (C=O) groups excluding carboxylic acids is 2. The van der Waals surface area contributed by atoms with Gasteiger partial charge in [-0.25, -0.2) is 8.42 Å². The second kappa shape index (κ2) is 8.37. The molecule has 9 heteroatoms. The Morgan fingerprint density at radius 1 is 1.19 bits per heavy atom. The highest BCUT2D eigenvalue weighted by molar-refractivity contribution is 7.89. The summed E-state index contributed by atoms with van der Waals surface area (Å²) in [7, 11) is -3.70. The third-order valence-electron chi connectivity index (χ3n) is 5.05. The first-order valence-corrected chi connectivity index (χ1v) is 10.7. The Hall–Kier alpha value is -1.97. The fourth-order valence-corrected chi connectivity index (χ4v) is 4.90. The summed E-state index contributed by atoms with van der Waals surface area (Å²) in [6.45, 7) is 4.43.